The van der Waals surface area contributed by atoms with E-state index in [1.54, 1.807) is 0 Å². The van der Waals surface area contributed by atoms with Gasteiger partial charge in [-0.2, -0.15) is 8.62 Å². The monoisotopic (exact) mass is 470 g/mol. The van der Waals surface area contributed by atoms with Gasteiger partial charge in [-0.15, -0.1) is 0 Å². The molecule has 1 saturated heterocycles. The molecule has 1 amide bonds. The van der Waals surface area contributed by atoms with Crippen LogP contribution < -0.4 is 5.32 Å². The number of amides is 1. The first-order chi connectivity index (χ1) is 12.7. The predicted octanol–water partition coefficient (Wildman–Crippen LogP) is -1.97. The number of carbonyl (C=O) groups is 1. The van der Waals surface area contributed by atoms with Crippen molar-refractivity contribution >= 4 is 29.4 Å². The fourth-order valence-electron chi connectivity index (χ4n) is 2.30. The van der Waals surface area contributed by atoms with Crippen molar-refractivity contribution in [2.75, 3.05) is 6.61 Å². The van der Waals surface area contributed by atoms with Gasteiger partial charge >= 0.3 is 23.5 Å². The number of rotatable bonds is 8. The molecular formula is C9H17N2O14P3. The molecular weight excluding hydrogens is 453 g/mol. The lowest BCUT2D eigenvalue weighted by molar-refractivity contribution is -0.152. The molecule has 1 fully saturated rings. The quantitative estimate of drug-likeness (QED) is 0.190. The second-order valence-corrected chi connectivity index (χ2v) is 9.90. The molecule has 162 valence electrons. The Morgan fingerprint density at radius 2 is 1.79 bits per heavy atom. The molecule has 3 unspecified atom stereocenters. The van der Waals surface area contributed by atoms with Gasteiger partial charge in [0.25, 0.3) is 0 Å². The van der Waals surface area contributed by atoms with E-state index in [-0.39, 0.29) is 6.42 Å². The highest BCUT2D eigenvalue weighted by Gasteiger charge is 2.44. The molecule has 0 aromatic heterocycles. The van der Waals surface area contributed by atoms with Crippen molar-refractivity contribution in [3.05, 3.63) is 12.3 Å². The summed E-state index contributed by atoms with van der Waals surface area (Å²) in [6, 6.07) is 0. The Bertz CT molecular complexity index is 767. The number of phosphoric ester groups is 1. The van der Waals surface area contributed by atoms with Crippen LogP contribution in [-0.4, -0.2) is 72.0 Å². The van der Waals surface area contributed by atoms with Crippen molar-refractivity contribution in [3.8, 4) is 0 Å². The maximum Gasteiger partial charge on any atom is 0.490 e. The van der Waals surface area contributed by atoms with Crippen molar-refractivity contribution in [2.24, 2.45) is 0 Å². The van der Waals surface area contributed by atoms with Gasteiger partial charge in [-0.3, -0.25) is 9.32 Å². The molecule has 0 saturated carbocycles. The van der Waals surface area contributed by atoms with Crippen molar-refractivity contribution in [1.82, 2.24) is 10.2 Å². The van der Waals surface area contributed by atoms with Gasteiger partial charge in [-0.1, -0.05) is 0 Å². The summed E-state index contributed by atoms with van der Waals surface area (Å²) in [6.45, 7) is -0.753. The maximum absolute atomic E-state index is 11.6. The molecule has 7 N–H and O–H groups in total. The standard InChI is InChI=1S/C9H17N2O14P3/c12-6-3-5(23-8(6)11-2-1-7(13)10-9(11)14)4-22-27(18,19)25-28(20,21)24-26(15,16)17/h1-2,5-6,8-9,12,14H,3-4H2,(H,10,13)(H,18,19)(H,20,21)(H2,15,16,17)/t5-,6+,8+,9?/m0/s1. The van der Waals surface area contributed by atoms with Crippen molar-refractivity contribution in [1.29, 1.82) is 0 Å². The third-order valence-corrected chi connectivity index (χ3v) is 7.05. The molecule has 0 radical (unpaired) electrons. The highest BCUT2D eigenvalue weighted by atomic mass is 31.3. The Balaban J connectivity index is 1.92. The van der Waals surface area contributed by atoms with Crippen molar-refractivity contribution in [3.63, 3.8) is 0 Å². The van der Waals surface area contributed by atoms with E-state index in [1.165, 1.54) is 0 Å². The second-order valence-electron chi connectivity index (χ2n) is 5.48. The number of nitrogens with one attached hydrogen (secondary N) is 1. The summed E-state index contributed by atoms with van der Waals surface area (Å²) in [5.41, 5.74) is 0. The van der Waals surface area contributed by atoms with Crippen LogP contribution in [0, 0.1) is 0 Å². The summed E-state index contributed by atoms with van der Waals surface area (Å²) >= 11 is 0. The molecule has 0 aromatic carbocycles. The summed E-state index contributed by atoms with van der Waals surface area (Å²) in [6.07, 6.45) is -2.89. The topological polar surface area (TPSA) is 242 Å². The molecule has 6 atom stereocenters. The number of nitrogens with zero attached hydrogens (tertiary/aromatic N) is 1. The first-order valence-electron chi connectivity index (χ1n) is 7.23. The van der Waals surface area contributed by atoms with E-state index in [9.17, 15) is 33.6 Å². The van der Waals surface area contributed by atoms with Crippen molar-refractivity contribution in [2.45, 2.75) is 31.2 Å². The zero-order valence-corrected chi connectivity index (χ0v) is 16.3. The first kappa shape index (κ1) is 23.6. The number of phosphoric acid groups is 3. The van der Waals surface area contributed by atoms with E-state index in [0.717, 1.165) is 17.2 Å². The predicted molar refractivity (Wildman–Crippen MR) is 84.2 cm³/mol. The van der Waals surface area contributed by atoms with Gasteiger partial charge in [0.2, 0.25) is 12.3 Å². The fraction of sp³-hybridized carbons (Fsp3) is 0.667. The third kappa shape index (κ3) is 6.97. The fourth-order valence-corrected chi connectivity index (χ4v) is 5.34. The summed E-state index contributed by atoms with van der Waals surface area (Å²) in [4.78, 5) is 47.4. The Kier molecular flexibility index (Phi) is 7.22. The molecule has 28 heavy (non-hydrogen) atoms. The lowest BCUT2D eigenvalue weighted by Crippen LogP contribution is -2.54. The largest absolute Gasteiger partial charge is 0.490 e. The molecule has 2 rings (SSSR count). The van der Waals surface area contributed by atoms with E-state index in [0.29, 0.717) is 0 Å². The van der Waals surface area contributed by atoms with E-state index < -0.39 is 60.8 Å². The Morgan fingerprint density at radius 3 is 2.36 bits per heavy atom. The van der Waals surface area contributed by atoms with Crippen LogP contribution in [0.5, 0.6) is 0 Å². The number of aliphatic hydroxyl groups is 2. The summed E-state index contributed by atoms with van der Waals surface area (Å²) in [5.74, 6) is -0.583. The van der Waals surface area contributed by atoms with Crippen LogP contribution in [0.1, 0.15) is 6.42 Å². The van der Waals surface area contributed by atoms with Gasteiger partial charge in [-0.05, 0) is 0 Å². The molecule has 2 aliphatic heterocycles. The summed E-state index contributed by atoms with van der Waals surface area (Å²) < 4.78 is 50.3. The minimum atomic E-state index is -5.64. The molecule has 19 heteroatoms. The SMILES string of the molecule is O=C1C=CN([C@@H]2O[C@H](COP(=O)(O)OP(=O)(O)OP(=O)(O)O)C[C@H]2O)C(O)N1. The zero-order valence-electron chi connectivity index (χ0n) is 13.6. The number of hydrogen-bond acceptors (Lipinski definition) is 11. The highest BCUT2D eigenvalue weighted by molar-refractivity contribution is 7.66. The number of carbonyl (C=O) groups excluding carboxylic acids is 1. The normalized spacial score (nSPS) is 32.6. The Morgan fingerprint density at radius 1 is 1.14 bits per heavy atom. The van der Waals surface area contributed by atoms with Gasteiger partial charge in [0.05, 0.1) is 12.7 Å². The van der Waals surface area contributed by atoms with Crippen LogP contribution in [-0.2, 0) is 36.4 Å². The van der Waals surface area contributed by atoms with Gasteiger partial charge in [0.1, 0.15) is 6.10 Å². The lowest BCUT2D eigenvalue weighted by Gasteiger charge is -2.35. The molecule has 0 aromatic rings. The van der Waals surface area contributed by atoms with Crippen LogP contribution >= 0.6 is 23.5 Å². The van der Waals surface area contributed by atoms with E-state index >= 15 is 0 Å². The molecule has 16 nitrogen and oxygen atoms in total. The average Bonchev–Trinajstić information content (AvgIpc) is 2.82. The molecule has 2 heterocycles. The lowest BCUT2D eigenvalue weighted by atomic mass is 10.2. The number of ether oxygens (including phenoxy) is 1. The summed E-state index contributed by atoms with van der Waals surface area (Å²) in [7, 11) is -16.5. The van der Waals surface area contributed by atoms with E-state index in [2.05, 4.69) is 18.5 Å². The molecule has 0 aliphatic carbocycles. The minimum absolute atomic E-state index is 0.161. The number of hydrogen-bond donors (Lipinski definition) is 7. The second kappa shape index (κ2) is 8.58. The zero-order chi connectivity index (χ0) is 21.3. The highest BCUT2D eigenvalue weighted by Crippen LogP contribution is 2.66. The number of aliphatic hydroxyl groups excluding tert-OH is 2. The van der Waals surface area contributed by atoms with Crippen molar-refractivity contribution < 1.29 is 66.2 Å². The van der Waals surface area contributed by atoms with Crippen LogP contribution in [0.15, 0.2) is 12.3 Å². The van der Waals surface area contributed by atoms with E-state index in [4.69, 9.17) is 19.4 Å². The molecule has 0 spiro atoms. The van der Waals surface area contributed by atoms with Gasteiger partial charge in [-0.25, -0.2) is 13.7 Å². The van der Waals surface area contributed by atoms with Gasteiger partial charge in [0.15, 0.2) is 6.23 Å². The van der Waals surface area contributed by atoms with Crippen LogP contribution in [0.4, 0.5) is 0 Å². The van der Waals surface area contributed by atoms with Gasteiger partial charge in [0, 0.05) is 18.7 Å². The third-order valence-electron chi connectivity index (χ3n) is 3.25. The minimum Gasteiger partial charge on any atom is -0.388 e. The average molecular weight is 470 g/mol. The smallest absolute Gasteiger partial charge is 0.388 e. The molecule has 0 bridgehead atoms. The van der Waals surface area contributed by atoms with Crippen LogP contribution in [0.25, 0.3) is 0 Å². The van der Waals surface area contributed by atoms with Crippen LogP contribution in [0.2, 0.25) is 0 Å². The first-order valence-corrected chi connectivity index (χ1v) is 11.8. The summed E-state index contributed by atoms with van der Waals surface area (Å²) in [5, 5.41) is 21.9. The Labute approximate surface area is 156 Å². The maximum atomic E-state index is 11.6. The Hall–Kier alpha value is -0.700. The molecule has 2 aliphatic rings. The van der Waals surface area contributed by atoms with Gasteiger partial charge < -0.3 is 44.7 Å². The van der Waals surface area contributed by atoms with Crippen LogP contribution in [0.3, 0.4) is 0 Å². The van der Waals surface area contributed by atoms with E-state index in [1.807, 2.05) is 0 Å².